The van der Waals surface area contributed by atoms with E-state index in [4.69, 9.17) is 4.74 Å². The molecule has 1 aliphatic rings. The minimum atomic E-state index is -0.179. The average Bonchev–Trinajstić information content (AvgIpc) is 2.88. The molecule has 0 spiro atoms. The summed E-state index contributed by atoms with van der Waals surface area (Å²) in [5.74, 6) is 0.615. The number of amides is 2. The first-order valence-electron chi connectivity index (χ1n) is 11.4. The number of carbonyl (C=O) groups excluding carboxylic acids is 2. The second kappa shape index (κ2) is 11.2. The summed E-state index contributed by atoms with van der Waals surface area (Å²) in [7, 11) is 0. The fraction of sp³-hybridized carbons (Fsp3) is 0.259. The van der Waals surface area contributed by atoms with Crippen LogP contribution < -0.4 is 15.4 Å². The van der Waals surface area contributed by atoms with E-state index in [-0.39, 0.29) is 18.4 Å². The van der Waals surface area contributed by atoms with Gasteiger partial charge in [-0.3, -0.25) is 9.59 Å². The van der Waals surface area contributed by atoms with Crippen molar-refractivity contribution in [3.8, 4) is 5.75 Å². The van der Waals surface area contributed by atoms with E-state index >= 15 is 0 Å². The SMILES string of the molecule is O=C(CNc1ccc(OCc2ccccc2)cc1)Nc1cccc(C(=O)N2CCCCC2)c1. The lowest BCUT2D eigenvalue weighted by Crippen LogP contribution is -2.35. The van der Waals surface area contributed by atoms with Crippen LogP contribution in [0.4, 0.5) is 11.4 Å². The first-order valence-corrected chi connectivity index (χ1v) is 11.4. The smallest absolute Gasteiger partial charge is 0.253 e. The molecular formula is C27H29N3O3. The second-order valence-electron chi connectivity index (χ2n) is 8.13. The standard InChI is InChI=1S/C27H29N3O3/c31-26(29-24-11-7-10-22(18-24)27(32)30-16-5-2-6-17-30)19-28-23-12-14-25(15-13-23)33-20-21-8-3-1-4-9-21/h1,3-4,7-15,18,28H,2,5-6,16-17,19-20H2,(H,29,31). The van der Waals surface area contributed by atoms with Gasteiger partial charge in [-0.25, -0.2) is 0 Å². The Balaban J connectivity index is 1.25. The van der Waals surface area contributed by atoms with Crippen molar-refractivity contribution in [2.75, 3.05) is 30.3 Å². The highest BCUT2D eigenvalue weighted by molar-refractivity contribution is 5.98. The molecule has 3 aromatic rings. The number of carbonyl (C=O) groups is 2. The van der Waals surface area contributed by atoms with Gasteiger partial charge in [0.1, 0.15) is 12.4 Å². The van der Waals surface area contributed by atoms with Crippen molar-refractivity contribution in [2.24, 2.45) is 0 Å². The molecular weight excluding hydrogens is 414 g/mol. The number of piperidine rings is 1. The van der Waals surface area contributed by atoms with E-state index in [0.29, 0.717) is 17.9 Å². The van der Waals surface area contributed by atoms with Gasteiger partial charge >= 0.3 is 0 Å². The molecule has 0 atom stereocenters. The van der Waals surface area contributed by atoms with E-state index in [1.54, 1.807) is 24.3 Å². The summed E-state index contributed by atoms with van der Waals surface area (Å²) in [6.45, 7) is 2.23. The Kier molecular flexibility index (Phi) is 7.59. The van der Waals surface area contributed by atoms with Crippen molar-refractivity contribution in [1.82, 2.24) is 4.90 Å². The first-order chi connectivity index (χ1) is 16.2. The molecule has 1 fully saturated rings. The zero-order valence-electron chi connectivity index (χ0n) is 18.6. The number of anilines is 2. The molecule has 4 rings (SSSR count). The molecule has 0 bridgehead atoms. The van der Waals surface area contributed by atoms with Crippen LogP contribution in [0.5, 0.6) is 5.75 Å². The van der Waals surface area contributed by atoms with Crippen LogP contribution >= 0.6 is 0 Å². The van der Waals surface area contributed by atoms with Gasteiger partial charge in [-0.2, -0.15) is 0 Å². The highest BCUT2D eigenvalue weighted by Crippen LogP contribution is 2.18. The van der Waals surface area contributed by atoms with Crippen molar-refractivity contribution in [1.29, 1.82) is 0 Å². The minimum Gasteiger partial charge on any atom is -0.489 e. The molecule has 33 heavy (non-hydrogen) atoms. The van der Waals surface area contributed by atoms with E-state index in [2.05, 4.69) is 10.6 Å². The number of hydrogen-bond donors (Lipinski definition) is 2. The third-order valence-electron chi connectivity index (χ3n) is 5.59. The molecule has 0 saturated carbocycles. The normalized spacial score (nSPS) is 13.3. The van der Waals surface area contributed by atoms with Gasteiger partial charge in [0.2, 0.25) is 5.91 Å². The lowest BCUT2D eigenvalue weighted by atomic mass is 10.1. The van der Waals surface area contributed by atoms with Crippen LogP contribution in [0.1, 0.15) is 35.2 Å². The number of nitrogens with one attached hydrogen (secondary N) is 2. The third-order valence-corrected chi connectivity index (χ3v) is 5.59. The number of nitrogens with zero attached hydrogens (tertiary/aromatic N) is 1. The number of benzene rings is 3. The molecule has 0 aliphatic carbocycles. The number of hydrogen-bond acceptors (Lipinski definition) is 4. The van der Waals surface area contributed by atoms with Gasteiger partial charge in [0.25, 0.3) is 5.91 Å². The Labute approximate surface area is 194 Å². The average molecular weight is 444 g/mol. The summed E-state index contributed by atoms with van der Waals surface area (Å²) in [4.78, 5) is 27.0. The molecule has 2 amide bonds. The third kappa shape index (κ3) is 6.59. The quantitative estimate of drug-likeness (QED) is 0.517. The number of rotatable bonds is 8. The van der Waals surface area contributed by atoms with Gasteiger partial charge < -0.3 is 20.3 Å². The summed E-state index contributed by atoms with van der Waals surface area (Å²) < 4.78 is 5.79. The lowest BCUT2D eigenvalue weighted by molar-refractivity contribution is -0.114. The van der Waals surface area contributed by atoms with Crippen molar-refractivity contribution in [3.63, 3.8) is 0 Å². The monoisotopic (exact) mass is 443 g/mol. The highest BCUT2D eigenvalue weighted by atomic mass is 16.5. The molecule has 1 saturated heterocycles. The van der Waals surface area contributed by atoms with Gasteiger partial charge in [-0.05, 0) is 67.3 Å². The Morgan fingerprint density at radius 3 is 2.33 bits per heavy atom. The van der Waals surface area contributed by atoms with Crippen LogP contribution in [-0.2, 0) is 11.4 Å². The zero-order chi connectivity index (χ0) is 22.9. The van der Waals surface area contributed by atoms with Gasteiger partial charge in [-0.15, -0.1) is 0 Å². The maximum atomic E-state index is 12.7. The van der Waals surface area contributed by atoms with Crippen LogP contribution in [0, 0.1) is 0 Å². The van der Waals surface area contributed by atoms with Crippen LogP contribution in [0.2, 0.25) is 0 Å². The molecule has 170 valence electrons. The molecule has 0 aromatic heterocycles. The maximum absolute atomic E-state index is 12.7. The highest BCUT2D eigenvalue weighted by Gasteiger charge is 2.18. The minimum absolute atomic E-state index is 0.0264. The summed E-state index contributed by atoms with van der Waals surface area (Å²) in [6.07, 6.45) is 3.28. The number of ether oxygens (including phenoxy) is 1. The van der Waals surface area contributed by atoms with Gasteiger partial charge in [0, 0.05) is 30.0 Å². The van der Waals surface area contributed by atoms with Crippen LogP contribution in [0.25, 0.3) is 0 Å². The largest absolute Gasteiger partial charge is 0.489 e. The van der Waals surface area contributed by atoms with Crippen molar-refractivity contribution in [3.05, 3.63) is 90.0 Å². The summed E-state index contributed by atoms with van der Waals surface area (Å²) in [6, 6.07) is 24.6. The molecule has 6 nitrogen and oxygen atoms in total. The summed E-state index contributed by atoms with van der Waals surface area (Å²) in [5, 5.41) is 5.98. The van der Waals surface area contributed by atoms with Crippen molar-refractivity contribution >= 4 is 23.2 Å². The van der Waals surface area contributed by atoms with Crippen LogP contribution in [0.3, 0.4) is 0 Å². The lowest BCUT2D eigenvalue weighted by Gasteiger charge is -2.26. The van der Waals surface area contributed by atoms with E-state index in [1.807, 2.05) is 59.5 Å². The Morgan fingerprint density at radius 1 is 0.818 bits per heavy atom. The van der Waals surface area contributed by atoms with Gasteiger partial charge in [0.05, 0.1) is 6.54 Å². The van der Waals surface area contributed by atoms with E-state index < -0.39 is 0 Å². The fourth-order valence-corrected chi connectivity index (χ4v) is 3.81. The number of likely N-dealkylation sites (tertiary alicyclic amines) is 1. The fourth-order valence-electron chi connectivity index (χ4n) is 3.81. The molecule has 6 heteroatoms. The predicted octanol–water partition coefficient (Wildman–Crippen LogP) is 4.94. The van der Waals surface area contributed by atoms with Gasteiger partial charge in [0.15, 0.2) is 0 Å². The summed E-state index contributed by atoms with van der Waals surface area (Å²) >= 11 is 0. The van der Waals surface area contributed by atoms with E-state index in [0.717, 1.165) is 42.9 Å². The Morgan fingerprint density at radius 2 is 1.58 bits per heavy atom. The van der Waals surface area contributed by atoms with Gasteiger partial charge in [-0.1, -0.05) is 36.4 Å². The maximum Gasteiger partial charge on any atom is 0.253 e. The molecule has 2 N–H and O–H groups in total. The van der Waals surface area contributed by atoms with E-state index in [1.165, 1.54) is 6.42 Å². The predicted molar refractivity (Wildman–Crippen MR) is 131 cm³/mol. The summed E-state index contributed by atoms with van der Waals surface area (Å²) in [5.41, 5.74) is 3.16. The van der Waals surface area contributed by atoms with Crippen LogP contribution in [-0.4, -0.2) is 36.3 Å². The zero-order valence-corrected chi connectivity index (χ0v) is 18.6. The van der Waals surface area contributed by atoms with Crippen molar-refractivity contribution in [2.45, 2.75) is 25.9 Å². The molecule has 1 heterocycles. The second-order valence-corrected chi connectivity index (χ2v) is 8.13. The molecule has 0 radical (unpaired) electrons. The van der Waals surface area contributed by atoms with E-state index in [9.17, 15) is 9.59 Å². The molecule has 1 aliphatic heterocycles. The first kappa shape index (κ1) is 22.4. The molecule has 0 unspecified atom stereocenters. The van der Waals surface area contributed by atoms with Crippen molar-refractivity contribution < 1.29 is 14.3 Å². The van der Waals surface area contributed by atoms with Crippen LogP contribution in [0.15, 0.2) is 78.9 Å². The Bertz CT molecular complexity index is 1060. The Hall–Kier alpha value is -3.80. The topological polar surface area (TPSA) is 70.7 Å². The molecule has 3 aromatic carbocycles.